The molecule has 0 bridgehead atoms. The molecule has 172 valence electrons. The van der Waals surface area contributed by atoms with E-state index in [9.17, 15) is 4.79 Å². The van der Waals surface area contributed by atoms with Crippen molar-refractivity contribution in [3.05, 3.63) is 82.4 Å². The summed E-state index contributed by atoms with van der Waals surface area (Å²) in [5.41, 5.74) is 4.58. The second kappa shape index (κ2) is 12.1. The molecule has 33 heavy (non-hydrogen) atoms. The number of carbonyl (C=O) groups excluding carboxylic acids is 1. The maximum Gasteiger partial charge on any atom is 0.271 e. The average Bonchev–Trinajstić information content (AvgIpc) is 2.80. The van der Waals surface area contributed by atoms with Gasteiger partial charge in [-0.3, -0.25) is 4.79 Å². The van der Waals surface area contributed by atoms with E-state index in [2.05, 4.69) is 55.7 Å². The molecular formula is C23H18Cl2I2N2O4. The number of benzene rings is 3. The van der Waals surface area contributed by atoms with Crippen LogP contribution < -0.4 is 19.6 Å². The molecule has 1 N–H and O–H groups in total. The summed E-state index contributed by atoms with van der Waals surface area (Å²) < 4.78 is 18.4. The van der Waals surface area contributed by atoms with E-state index >= 15 is 0 Å². The Morgan fingerprint density at radius 1 is 0.970 bits per heavy atom. The fourth-order valence-electron chi connectivity index (χ4n) is 2.77. The zero-order valence-corrected chi connectivity index (χ0v) is 23.3. The van der Waals surface area contributed by atoms with E-state index in [4.69, 9.17) is 37.4 Å². The number of amides is 1. The minimum atomic E-state index is -0.343. The van der Waals surface area contributed by atoms with Gasteiger partial charge in [0.05, 0.1) is 37.6 Å². The number of rotatable bonds is 8. The smallest absolute Gasteiger partial charge is 0.271 e. The van der Waals surface area contributed by atoms with E-state index in [1.54, 1.807) is 44.6 Å². The summed E-state index contributed by atoms with van der Waals surface area (Å²) in [4.78, 5) is 12.4. The molecule has 6 nitrogen and oxygen atoms in total. The maximum absolute atomic E-state index is 12.4. The van der Waals surface area contributed by atoms with Crippen LogP contribution in [-0.4, -0.2) is 26.3 Å². The molecule has 0 saturated heterocycles. The third-order valence-corrected chi connectivity index (χ3v) is 6.84. The number of nitrogens with one attached hydrogen (secondary N) is 1. The number of ether oxygens (including phenoxy) is 3. The summed E-state index contributed by atoms with van der Waals surface area (Å²) in [5, 5.41) is 5.02. The molecule has 0 atom stereocenters. The third-order valence-electron chi connectivity index (χ3n) is 4.41. The fourth-order valence-corrected chi connectivity index (χ4v) is 4.43. The van der Waals surface area contributed by atoms with E-state index < -0.39 is 0 Å². The van der Waals surface area contributed by atoms with Crippen LogP contribution in [0, 0.1) is 7.14 Å². The Hall–Kier alpha value is -1.76. The lowest BCUT2D eigenvalue weighted by Gasteiger charge is -2.14. The van der Waals surface area contributed by atoms with Gasteiger partial charge < -0.3 is 14.2 Å². The van der Waals surface area contributed by atoms with Gasteiger partial charge in [0.15, 0.2) is 11.5 Å². The number of hydrogen-bond acceptors (Lipinski definition) is 5. The molecular weight excluding hydrogens is 693 g/mol. The monoisotopic (exact) mass is 710 g/mol. The largest absolute Gasteiger partial charge is 0.496 e. The molecule has 0 aliphatic carbocycles. The van der Waals surface area contributed by atoms with Crippen molar-refractivity contribution in [2.75, 3.05) is 14.2 Å². The number of halogens is 4. The molecule has 0 aliphatic heterocycles. The van der Waals surface area contributed by atoms with Crippen molar-refractivity contribution in [1.29, 1.82) is 0 Å². The van der Waals surface area contributed by atoms with Gasteiger partial charge in [-0.2, -0.15) is 5.10 Å². The van der Waals surface area contributed by atoms with E-state index in [1.807, 2.05) is 18.2 Å². The first-order chi connectivity index (χ1) is 15.8. The molecule has 1 amide bonds. The number of hydrogen-bond donors (Lipinski definition) is 1. The van der Waals surface area contributed by atoms with Crippen LogP contribution in [0.15, 0.2) is 53.6 Å². The van der Waals surface area contributed by atoms with E-state index in [0.29, 0.717) is 39.5 Å². The quantitative estimate of drug-likeness (QED) is 0.163. The van der Waals surface area contributed by atoms with Crippen molar-refractivity contribution in [3.63, 3.8) is 0 Å². The van der Waals surface area contributed by atoms with Crippen molar-refractivity contribution >= 4 is 80.5 Å². The Bertz CT molecular complexity index is 1210. The molecule has 10 heteroatoms. The minimum absolute atomic E-state index is 0.298. The van der Waals surface area contributed by atoms with Gasteiger partial charge in [-0.1, -0.05) is 29.3 Å². The summed E-state index contributed by atoms with van der Waals surface area (Å²) in [6.45, 7) is 0.298. The van der Waals surface area contributed by atoms with Crippen molar-refractivity contribution in [3.8, 4) is 17.2 Å². The van der Waals surface area contributed by atoms with Crippen LogP contribution in [0.25, 0.3) is 0 Å². The molecule has 3 rings (SSSR count). The van der Waals surface area contributed by atoms with Crippen LogP contribution in [0.2, 0.25) is 10.0 Å². The number of hydrazone groups is 1. The van der Waals surface area contributed by atoms with Crippen molar-refractivity contribution in [1.82, 2.24) is 5.43 Å². The predicted octanol–water partition coefficient (Wildman–Crippen LogP) is 6.56. The van der Waals surface area contributed by atoms with Crippen LogP contribution in [0.5, 0.6) is 17.2 Å². The maximum atomic E-state index is 12.4. The highest BCUT2D eigenvalue weighted by Crippen LogP contribution is 2.34. The van der Waals surface area contributed by atoms with Gasteiger partial charge in [-0.25, -0.2) is 5.43 Å². The van der Waals surface area contributed by atoms with Crippen LogP contribution in [0.3, 0.4) is 0 Å². The van der Waals surface area contributed by atoms with Gasteiger partial charge in [0.25, 0.3) is 5.91 Å². The number of nitrogens with zero attached hydrogens (tertiary/aromatic N) is 1. The summed E-state index contributed by atoms with van der Waals surface area (Å²) in [6, 6.07) is 14.2. The van der Waals surface area contributed by atoms with Gasteiger partial charge in [0.1, 0.15) is 12.4 Å². The summed E-state index contributed by atoms with van der Waals surface area (Å²) >= 11 is 16.3. The van der Waals surface area contributed by atoms with Gasteiger partial charge in [0, 0.05) is 5.56 Å². The van der Waals surface area contributed by atoms with Crippen molar-refractivity contribution in [2.45, 2.75) is 6.61 Å². The molecule has 0 saturated carbocycles. The van der Waals surface area contributed by atoms with E-state index in [1.165, 1.54) is 6.21 Å². The SMILES string of the molecule is COc1cc(C(=O)N/N=C\c2cc(I)c(OCc3ccc(Cl)c(Cl)c3)c(OC)c2)ccc1I. The van der Waals surface area contributed by atoms with Crippen LogP contribution in [-0.2, 0) is 6.61 Å². The van der Waals surface area contributed by atoms with E-state index in [0.717, 1.165) is 18.3 Å². The Labute approximate surface area is 228 Å². The van der Waals surface area contributed by atoms with Gasteiger partial charge in [0.2, 0.25) is 0 Å². The first kappa shape index (κ1) is 25.9. The molecule has 0 aliphatic rings. The molecule has 0 spiro atoms. The summed E-state index contributed by atoms with van der Waals surface area (Å²) in [7, 11) is 3.12. The Morgan fingerprint density at radius 2 is 1.73 bits per heavy atom. The highest BCUT2D eigenvalue weighted by molar-refractivity contribution is 14.1. The normalized spacial score (nSPS) is 10.8. The van der Waals surface area contributed by atoms with Crippen LogP contribution in [0.4, 0.5) is 0 Å². The highest BCUT2D eigenvalue weighted by atomic mass is 127. The molecule has 0 radical (unpaired) electrons. The van der Waals surface area contributed by atoms with Crippen LogP contribution >= 0.6 is 68.4 Å². The first-order valence-electron chi connectivity index (χ1n) is 9.43. The standard InChI is InChI=1S/C23H18Cl2I2N2O4/c1-31-20-10-15(4-6-18(20)26)23(30)29-28-11-14-8-19(27)22(21(9-14)32-2)33-12-13-3-5-16(24)17(25)7-13/h3-11H,12H2,1-2H3,(H,29,30)/b28-11-. The van der Waals surface area contributed by atoms with Gasteiger partial charge >= 0.3 is 0 Å². The predicted molar refractivity (Wildman–Crippen MR) is 147 cm³/mol. The first-order valence-corrected chi connectivity index (χ1v) is 12.3. The lowest BCUT2D eigenvalue weighted by atomic mass is 10.2. The number of carbonyl (C=O) groups is 1. The zero-order valence-electron chi connectivity index (χ0n) is 17.5. The fraction of sp³-hybridized carbons (Fsp3) is 0.130. The lowest BCUT2D eigenvalue weighted by Crippen LogP contribution is -2.17. The second-order valence-electron chi connectivity index (χ2n) is 6.62. The zero-order chi connectivity index (χ0) is 24.0. The van der Waals surface area contributed by atoms with E-state index in [-0.39, 0.29) is 5.91 Å². The Morgan fingerprint density at radius 3 is 2.42 bits per heavy atom. The van der Waals surface area contributed by atoms with Crippen molar-refractivity contribution < 1.29 is 19.0 Å². The van der Waals surface area contributed by atoms with Gasteiger partial charge in [-0.15, -0.1) is 0 Å². The summed E-state index contributed by atoms with van der Waals surface area (Å²) in [5.74, 6) is 1.42. The molecule has 0 aromatic heterocycles. The molecule has 0 fully saturated rings. The molecule has 3 aromatic carbocycles. The number of methoxy groups -OCH3 is 2. The third kappa shape index (κ3) is 6.87. The topological polar surface area (TPSA) is 69.2 Å². The molecule has 0 heterocycles. The Kier molecular flexibility index (Phi) is 9.47. The minimum Gasteiger partial charge on any atom is -0.496 e. The summed E-state index contributed by atoms with van der Waals surface area (Å²) in [6.07, 6.45) is 1.54. The second-order valence-corrected chi connectivity index (χ2v) is 9.76. The molecule has 3 aromatic rings. The molecule has 0 unspecified atom stereocenters. The Balaban J connectivity index is 1.70. The average molecular weight is 711 g/mol. The van der Waals surface area contributed by atoms with Gasteiger partial charge in [-0.05, 0) is 98.8 Å². The van der Waals surface area contributed by atoms with Crippen molar-refractivity contribution in [2.24, 2.45) is 5.10 Å². The highest BCUT2D eigenvalue weighted by Gasteiger charge is 2.13. The van der Waals surface area contributed by atoms with Crippen LogP contribution in [0.1, 0.15) is 21.5 Å². The lowest BCUT2D eigenvalue weighted by molar-refractivity contribution is 0.0954.